The molecule has 1 unspecified atom stereocenters. The second-order valence-corrected chi connectivity index (χ2v) is 10.5. The van der Waals surface area contributed by atoms with Gasteiger partial charge in [0.25, 0.3) is 11.5 Å². The van der Waals surface area contributed by atoms with E-state index in [1.54, 1.807) is 6.20 Å². The number of nitrogens with one attached hydrogen (secondary N) is 1. The van der Waals surface area contributed by atoms with E-state index in [9.17, 15) is 14.4 Å². The Bertz CT molecular complexity index is 1110. The number of ketones is 1. The molecule has 1 aliphatic carbocycles. The summed E-state index contributed by atoms with van der Waals surface area (Å²) in [6.07, 6.45) is 6.18. The number of hydrogen-bond acceptors (Lipinski definition) is 4. The van der Waals surface area contributed by atoms with Crippen molar-refractivity contribution in [1.29, 1.82) is 0 Å². The number of likely N-dealkylation sites (tertiary alicyclic amines) is 1. The number of fused-ring (bicyclic) bond motifs is 1. The van der Waals surface area contributed by atoms with Gasteiger partial charge in [0.2, 0.25) is 0 Å². The molecule has 1 atom stereocenters. The van der Waals surface area contributed by atoms with Crippen LogP contribution in [0, 0.1) is 12.3 Å². The van der Waals surface area contributed by atoms with E-state index in [1.807, 2.05) is 45.0 Å². The van der Waals surface area contributed by atoms with Gasteiger partial charge in [0.05, 0.1) is 0 Å². The molecule has 1 N–H and O–H groups in total. The van der Waals surface area contributed by atoms with Crippen molar-refractivity contribution < 1.29 is 9.59 Å². The molecule has 1 fully saturated rings. The third kappa shape index (κ3) is 4.96. The fraction of sp³-hybridized carbons (Fsp3) is 0.519. The Morgan fingerprint density at radius 2 is 1.85 bits per heavy atom. The molecule has 6 nitrogen and oxygen atoms in total. The number of pyridine rings is 1. The summed E-state index contributed by atoms with van der Waals surface area (Å²) >= 11 is 0. The fourth-order valence-electron chi connectivity index (χ4n) is 5.17. The summed E-state index contributed by atoms with van der Waals surface area (Å²) in [4.78, 5) is 42.4. The number of nitrogens with zero attached hydrogens (tertiary/aromatic N) is 2. The summed E-state index contributed by atoms with van der Waals surface area (Å²) < 4.78 is 1.45. The Morgan fingerprint density at radius 3 is 2.55 bits per heavy atom. The SMILES string of the molecule is Cc1ccc(-n2cc3c(c(C(=O)NCCN4CCCCC4C)c2=O)CC(C)(C)CC3=O)cc1. The Morgan fingerprint density at radius 1 is 1.12 bits per heavy atom. The number of aryl methyl sites for hydroxylation is 1. The van der Waals surface area contributed by atoms with Crippen molar-refractivity contribution in [3.8, 4) is 5.69 Å². The molecule has 1 aromatic heterocycles. The molecular weight excluding hydrogens is 414 g/mol. The number of carbonyl (C=O) groups is 2. The van der Waals surface area contributed by atoms with Gasteiger partial charge < -0.3 is 5.32 Å². The van der Waals surface area contributed by atoms with Crippen molar-refractivity contribution in [1.82, 2.24) is 14.8 Å². The summed E-state index contributed by atoms with van der Waals surface area (Å²) in [5.41, 5.74) is 2.27. The maximum absolute atomic E-state index is 13.6. The molecule has 33 heavy (non-hydrogen) atoms. The second-order valence-electron chi connectivity index (χ2n) is 10.5. The molecule has 2 aliphatic rings. The number of aromatic nitrogens is 1. The molecule has 0 radical (unpaired) electrons. The first-order valence-corrected chi connectivity index (χ1v) is 12.1. The Hall–Kier alpha value is -2.73. The molecule has 1 aromatic carbocycles. The van der Waals surface area contributed by atoms with E-state index >= 15 is 0 Å². The van der Waals surface area contributed by atoms with Crippen LogP contribution in [0.1, 0.15) is 78.3 Å². The van der Waals surface area contributed by atoms with E-state index < -0.39 is 0 Å². The van der Waals surface area contributed by atoms with Crippen LogP contribution in [0.5, 0.6) is 0 Å². The summed E-state index contributed by atoms with van der Waals surface area (Å²) in [6, 6.07) is 8.05. The number of carbonyl (C=O) groups excluding carboxylic acids is 2. The highest BCUT2D eigenvalue weighted by molar-refractivity contribution is 6.04. The highest BCUT2D eigenvalue weighted by atomic mass is 16.2. The van der Waals surface area contributed by atoms with Gasteiger partial charge in [-0.15, -0.1) is 0 Å². The van der Waals surface area contributed by atoms with Crippen molar-refractivity contribution in [2.45, 2.75) is 65.8 Å². The molecule has 176 valence electrons. The molecule has 1 aliphatic heterocycles. The molecular formula is C27H35N3O3. The summed E-state index contributed by atoms with van der Waals surface area (Å²) in [6.45, 7) is 10.5. The van der Waals surface area contributed by atoms with E-state index in [-0.39, 0.29) is 28.2 Å². The minimum absolute atomic E-state index is 0.0155. The van der Waals surface area contributed by atoms with Crippen LogP contribution in [0.2, 0.25) is 0 Å². The predicted octanol–water partition coefficient (Wildman–Crippen LogP) is 3.91. The second kappa shape index (κ2) is 9.26. The number of rotatable bonds is 5. The third-order valence-corrected chi connectivity index (χ3v) is 7.08. The zero-order valence-corrected chi connectivity index (χ0v) is 20.2. The fourth-order valence-corrected chi connectivity index (χ4v) is 5.17. The molecule has 0 saturated carbocycles. The van der Waals surface area contributed by atoms with Crippen LogP contribution in [-0.4, -0.2) is 46.8 Å². The van der Waals surface area contributed by atoms with Gasteiger partial charge in [0.1, 0.15) is 5.56 Å². The van der Waals surface area contributed by atoms with Crippen LogP contribution in [0.4, 0.5) is 0 Å². The Labute approximate surface area is 196 Å². The van der Waals surface area contributed by atoms with Gasteiger partial charge in [0, 0.05) is 43.0 Å². The normalized spacial score (nSPS) is 20.4. The zero-order valence-electron chi connectivity index (χ0n) is 20.2. The summed E-state index contributed by atoms with van der Waals surface area (Å²) in [5, 5.41) is 2.98. The van der Waals surface area contributed by atoms with Gasteiger partial charge in [-0.25, -0.2) is 0 Å². The van der Waals surface area contributed by atoms with Crippen LogP contribution >= 0.6 is 0 Å². The van der Waals surface area contributed by atoms with Crippen LogP contribution in [0.3, 0.4) is 0 Å². The van der Waals surface area contributed by atoms with Crippen LogP contribution in [-0.2, 0) is 6.42 Å². The Kier molecular flexibility index (Phi) is 6.57. The standard InChI is InChI=1S/C27H35N3O3/c1-18-8-10-20(11-9-18)30-17-22-21(15-27(3,4)16-23(22)31)24(26(30)33)25(32)28-12-14-29-13-6-5-7-19(29)2/h8-11,17,19H,5-7,12-16H2,1-4H3,(H,28,32). The van der Waals surface area contributed by atoms with Crippen molar-refractivity contribution >= 4 is 11.7 Å². The van der Waals surface area contributed by atoms with Crippen molar-refractivity contribution in [2.24, 2.45) is 5.41 Å². The van der Waals surface area contributed by atoms with Gasteiger partial charge in [-0.1, -0.05) is 38.0 Å². The maximum atomic E-state index is 13.6. The van der Waals surface area contributed by atoms with Crippen LogP contribution in [0.15, 0.2) is 35.3 Å². The molecule has 1 amide bonds. The number of amides is 1. The molecule has 0 spiro atoms. The lowest BCUT2D eigenvalue weighted by Gasteiger charge is -2.33. The first-order valence-electron chi connectivity index (χ1n) is 12.1. The number of Topliss-reactive ketones (excluding diaryl/α,β-unsaturated/α-hetero) is 1. The third-order valence-electron chi connectivity index (χ3n) is 7.08. The van der Waals surface area contributed by atoms with E-state index in [2.05, 4.69) is 17.1 Å². The average molecular weight is 450 g/mol. The van der Waals surface area contributed by atoms with Gasteiger partial charge in [0.15, 0.2) is 5.78 Å². The molecule has 4 rings (SSSR count). The zero-order chi connectivity index (χ0) is 23.8. The van der Waals surface area contributed by atoms with Gasteiger partial charge in [-0.3, -0.25) is 23.9 Å². The van der Waals surface area contributed by atoms with Crippen molar-refractivity contribution in [3.63, 3.8) is 0 Å². The molecule has 0 bridgehead atoms. The van der Waals surface area contributed by atoms with Crippen molar-refractivity contribution in [2.75, 3.05) is 19.6 Å². The first kappa shape index (κ1) is 23.4. The molecule has 2 aromatic rings. The molecule has 6 heteroatoms. The summed E-state index contributed by atoms with van der Waals surface area (Å²) in [5.74, 6) is -0.397. The lowest BCUT2D eigenvalue weighted by atomic mass is 9.73. The van der Waals surface area contributed by atoms with Crippen LogP contribution in [0.25, 0.3) is 5.69 Å². The van der Waals surface area contributed by atoms with Crippen LogP contribution < -0.4 is 10.9 Å². The van der Waals surface area contributed by atoms with Gasteiger partial charge >= 0.3 is 0 Å². The quantitative estimate of drug-likeness (QED) is 0.751. The van der Waals surface area contributed by atoms with Gasteiger partial charge in [-0.2, -0.15) is 0 Å². The first-order chi connectivity index (χ1) is 15.7. The minimum Gasteiger partial charge on any atom is -0.351 e. The Balaban J connectivity index is 1.69. The maximum Gasteiger partial charge on any atom is 0.268 e. The topological polar surface area (TPSA) is 71.4 Å². The monoisotopic (exact) mass is 449 g/mol. The van der Waals surface area contributed by atoms with E-state index in [0.29, 0.717) is 42.2 Å². The van der Waals surface area contributed by atoms with Crippen molar-refractivity contribution in [3.05, 3.63) is 63.1 Å². The minimum atomic E-state index is -0.382. The molecule has 2 heterocycles. The highest BCUT2D eigenvalue weighted by Gasteiger charge is 2.36. The number of hydrogen-bond donors (Lipinski definition) is 1. The largest absolute Gasteiger partial charge is 0.351 e. The molecule has 1 saturated heterocycles. The van der Waals surface area contributed by atoms with Gasteiger partial charge in [-0.05, 0) is 62.8 Å². The van der Waals surface area contributed by atoms with E-state index in [0.717, 1.165) is 18.7 Å². The van der Waals surface area contributed by atoms with E-state index in [4.69, 9.17) is 0 Å². The summed E-state index contributed by atoms with van der Waals surface area (Å²) in [7, 11) is 0. The lowest BCUT2D eigenvalue weighted by Crippen LogP contribution is -2.44. The van der Waals surface area contributed by atoms with E-state index in [1.165, 1.54) is 23.8 Å². The number of benzene rings is 1. The predicted molar refractivity (Wildman–Crippen MR) is 130 cm³/mol. The highest BCUT2D eigenvalue weighted by Crippen LogP contribution is 2.35. The number of piperidine rings is 1. The smallest absolute Gasteiger partial charge is 0.268 e. The lowest BCUT2D eigenvalue weighted by molar-refractivity contribution is 0.0907. The average Bonchev–Trinajstić information content (AvgIpc) is 2.75.